The second-order valence-corrected chi connectivity index (χ2v) is 6.52. The van der Waals surface area contributed by atoms with Crippen molar-refractivity contribution in [1.82, 2.24) is 15.1 Å². The average molecular weight is 474 g/mol. The summed E-state index contributed by atoms with van der Waals surface area (Å²) in [5.74, 6) is 1.56. The van der Waals surface area contributed by atoms with Crippen LogP contribution in [0.25, 0.3) is 0 Å². The standard InChI is InChI=1S/C19H30N4O2.HI/c1-20-19(23-12-10-17(14-23)15-25-3)21-11-9-18(24)22(2)13-16-7-5-4-6-8-16;/h4-8,17H,9-15H2,1-3H3,(H,20,21);1H. The van der Waals surface area contributed by atoms with Crippen LogP contribution in [0.2, 0.25) is 0 Å². The second-order valence-electron chi connectivity index (χ2n) is 6.52. The smallest absolute Gasteiger partial charge is 0.224 e. The molecule has 1 aromatic rings. The van der Waals surface area contributed by atoms with Crippen LogP contribution in [0.5, 0.6) is 0 Å². The third kappa shape index (κ3) is 7.11. The van der Waals surface area contributed by atoms with E-state index >= 15 is 0 Å². The molecule has 6 nitrogen and oxygen atoms in total. The average Bonchev–Trinajstić information content (AvgIpc) is 3.08. The Hall–Kier alpha value is -1.35. The highest BCUT2D eigenvalue weighted by Crippen LogP contribution is 2.16. The number of amides is 1. The highest BCUT2D eigenvalue weighted by Gasteiger charge is 2.24. The third-order valence-electron chi connectivity index (χ3n) is 4.51. The zero-order valence-corrected chi connectivity index (χ0v) is 18.3. The Morgan fingerprint density at radius 1 is 1.38 bits per heavy atom. The Morgan fingerprint density at radius 3 is 2.77 bits per heavy atom. The number of aliphatic imine (C=N–C) groups is 1. The molecule has 0 aromatic heterocycles. The lowest BCUT2D eigenvalue weighted by Crippen LogP contribution is -2.41. The molecule has 1 heterocycles. The number of guanidine groups is 1. The van der Waals surface area contributed by atoms with E-state index in [1.165, 1.54) is 0 Å². The van der Waals surface area contributed by atoms with E-state index in [1.54, 1.807) is 19.1 Å². The topological polar surface area (TPSA) is 57.2 Å². The molecule has 1 saturated heterocycles. The van der Waals surface area contributed by atoms with Crippen LogP contribution in [0.1, 0.15) is 18.4 Å². The summed E-state index contributed by atoms with van der Waals surface area (Å²) in [6, 6.07) is 10.0. The SMILES string of the molecule is CN=C(NCCC(=O)N(C)Cc1ccccc1)N1CCC(COC)C1.I. The van der Waals surface area contributed by atoms with Gasteiger partial charge in [0.15, 0.2) is 5.96 Å². The molecule has 1 aliphatic heterocycles. The molecule has 1 aliphatic rings. The molecule has 0 bridgehead atoms. The van der Waals surface area contributed by atoms with Gasteiger partial charge in [-0.2, -0.15) is 0 Å². The van der Waals surface area contributed by atoms with Crippen LogP contribution < -0.4 is 5.32 Å². The van der Waals surface area contributed by atoms with Gasteiger partial charge in [-0.15, -0.1) is 24.0 Å². The van der Waals surface area contributed by atoms with Crippen LogP contribution in [-0.2, 0) is 16.1 Å². The quantitative estimate of drug-likeness (QED) is 0.374. The normalized spacial score (nSPS) is 17.0. The van der Waals surface area contributed by atoms with Gasteiger partial charge in [0.2, 0.25) is 5.91 Å². The predicted molar refractivity (Wildman–Crippen MR) is 116 cm³/mol. The molecule has 0 spiro atoms. The Morgan fingerprint density at radius 2 is 2.12 bits per heavy atom. The summed E-state index contributed by atoms with van der Waals surface area (Å²) in [6.45, 7) is 3.95. The first kappa shape index (κ1) is 22.7. The molecule has 146 valence electrons. The van der Waals surface area contributed by atoms with E-state index in [0.717, 1.165) is 37.6 Å². The molecule has 0 radical (unpaired) electrons. The summed E-state index contributed by atoms with van der Waals surface area (Å²) in [4.78, 5) is 20.6. The fraction of sp³-hybridized carbons (Fsp3) is 0.579. The highest BCUT2D eigenvalue weighted by molar-refractivity contribution is 14.0. The van der Waals surface area contributed by atoms with Gasteiger partial charge < -0.3 is 19.9 Å². The Kier molecular flexibility index (Phi) is 10.6. The highest BCUT2D eigenvalue weighted by atomic mass is 127. The predicted octanol–water partition coefficient (Wildman–Crippen LogP) is 2.20. The van der Waals surface area contributed by atoms with Crippen molar-refractivity contribution in [3.63, 3.8) is 0 Å². The molecule has 1 atom stereocenters. The number of hydrogen-bond acceptors (Lipinski definition) is 3. The molecule has 1 aromatic carbocycles. The van der Waals surface area contributed by atoms with E-state index in [4.69, 9.17) is 4.74 Å². The second kappa shape index (κ2) is 12.1. The minimum atomic E-state index is 0. The molecule has 1 N–H and O–H groups in total. The van der Waals surface area contributed by atoms with Crippen molar-refractivity contribution < 1.29 is 9.53 Å². The van der Waals surface area contributed by atoms with Crippen LogP contribution in [0.3, 0.4) is 0 Å². The molecular formula is C19H31IN4O2. The van der Waals surface area contributed by atoms with Gasteiger partial charge in [0.25, 0.3) is 0 Å². The minimum absolute atomic E-state index is 0. The van der Waals surface area contributed by atoms with Gasteiger partial charge in [-0.1, -0.05) is 30.3 Å². The molecule has 7 heteroatoms. The number of methoxy groups -OCH3 is 1. The molecule has 1 fully saturated rings. The van der Waals surface area contributed by atoms with E-state index in [1.807, 2.05) is 37.4 Å². The Bertz CT molecular complexity index is 568. The lowest BCUT2D eigenvalue weighted by Gasteiger charge is -2.22. The summed E-state index contributed by atoms with van der Waals surface area (Å²) >= 11 is 0. The van der Waals surface area contributed by atoms with Crippen LogP contribution >= 0.6 is 24.0 Å². The fourth-order valence-corrected chi connectivity index (χ4v) is 3.15. The summed E-state index contributed by atoms with van der Waals surface area (Å²) in [7, 11) is 5.38. The van der Waals surface area contributed by atoms with Crippen LogP contribution in [0.15, 0.2) is 35.3 Å². The van der Waals surface area contributed by atoms with Crippen LogP contribution in [0.4, 0.5) is 0 Å². The monoisotopic (exact) mass is 474 g/mol. The maximum absolute atomic E-state index is 12.3. The zero-order valence-electron chi connectivity index (χ0n) is 16.0. The lowest BCUT2D eigenvalue weighted by atomic mass is 10.1. The number of likely N-dealkylation sites (tertiary alicyclic amines) is 1. The number of nitrogens with zero attached hydrogens (tertiary/aromatic N) is 3. The lowest BCUT2D eigenvalue weighted by molar-refractivity contribution is -0.130. The largest absolute Gasteiger partial charge is 0.384 e. The number of carbonyl (C=O) groups is 1. The van der Waals surface area contributed by atoms with Crippen molar-refractivity contribution in [2.45, 2.75) is 19.4 Å². The maximum atomic E-state index is 12.3. The molecule has 0 aliphatic carbocycles. The Labute approximate surface area is 174 Å². The number of ether oxygens (including phenoxy) is 1. The fourth-order valence-electron chi connectivity index (χ4n) is 3.15. The first-order chi connectivity index (χ1) is 12.1. The van der Waals surface area contributed by atoms with Crippen molar-refractivity contribution in [1.29, 1.82) is 0 Å². The maximum Gasteiger partial charge on any atom is 0.224 e. The van der Waals surface area contributed by atoms with Crippen molar-refractivity contribution >= 4 is 35.8 Å². The molecule has 26 heavy (non-hydrogen) atoms. The first-order valence-electron chi connectivity index (χ1n) is 8.86. The third-order valence-corrected chi connectivity index (χ3v) is 4.51. The van der Waals surface area contributed by atoms with Crippen molar-refractivity contribution in [3.8, 4) is 0 Å². The van der Waals surface area contributed by atoms with Gasteiger partial charge >= 0.3 is 0 Å². The first-order valence-corrected chi connectivity index (χ1v) is 8.86. The van der Waals surface area contributed by atoms with Gasteiger partial charge in [-0.3, -0.25) is 9.79 Å². The van der Waals surface area contributed by atoms with E-state index < -0.39 is 0 Å². The van der Waals surface area contributed by atoms with E-state index in [0.29, 0.717) is 25.4 Å². The van der Waals surface area contributed by atoms with Crippen molar-refractivity contribution in [2.75, 3.05) is 47.4 Å². The summed E-state index contributed by atoms with van der Waals surface area (Å²) in [5.41, 5.74) is 1.14. The van der Waals surface area contributed by atoms with E-state index in [2.05, 4.69) is 15.2 Å². The van der Waals surface area contributed by atoms with Crippen molar-refractivity contribution in [2.24, 2.45) is 10.9 Å². The van der Waals surface area contributed by atoms with Gasteiger partial charge in [0.05, 0.1) is 6.61 Å². The molecule has 1 amide bonds. The summed E-state index contributed by atoms with van der Waals surface area (Å²) in [5, 5.41) is 3.31. The summed E-state index contributed by atoms with van der Waals surface area (Å²) < 4.78 is 5.24. The zero-order chi connectivity index (χ0) is 18.1. The van der Waals surface area contributed by atoms with Gasteiger partial charge in [-0.25, -0.2) is 0 Å². The number of carbonyl (C=O) groups excluding carboxylic acids is 1. The van der Waals surface area contributed by atoms with Crippen molar-refractivity contribution in [3.05, 3.63) is 35.9 Å². The number of nitrogens with one attached hydrogen (secondary N) is 1. The van der Waals surface area contributed by atoms with E-state index in [-0.39, 0.29) is 29.9 Å². The summed E-state index contributed by atoms with van der Waals surface area (Å²) in [6.07, 6.45) is 1.57. The van der Waals surface area contributed by atoms with Gasteiger partial charge in [0, 0.05) is 59.7 Å². The number of benzene rings is 1. The number of halogens is 1. The molecular weight excluding hydrogens is 443 g/mol. The van der Waals surface area contributed by atoms with Gasteiger partial charge in [-0.05, 0) is 12.0 Å². The van der Waals surface area contributed by atoms with E-state index in [9.17, 15) is 4.79 Å². The van der Waals surface area contributed by atoms with Crippen LogP contribution in [0, 0.1) is 5.92 Å². The number of rotatable bonds is 7. The molecule has 2 rings (SSSR count). The molecule has 0 saturated carbocycles. The minimum Gasteiger partial charge on any atom is -0.384 e. The number of hydrogen-bond donors (Lipinski definition) is 1. The molecule has 1 unspecified atom stereocenters. The van der Waals surface area contributed by atoms with Crippen LogP contribution in [-0.4, -0.2) is 69.1 Å². The van der Waals surface area contributed by atoms with Gasteiger partial charge in [0.1, 0.15) is 0 Å². The Balaban J connectivity index is 0.00000338.